The summed E-state index contributed by atoms with van der Waals surface area (Å²) >= 11 is 1.86. The predicted molar refractivity (Wildman–Crippen MR) is 234 cm³/mol. The van der Waals surface area contributed by atoms with E-state index in [1.54, 1.807) is 0 Å². The molecule has 0 aliphatic heterocycles. The summed E-state index contributed by atoms with van der Waals surface area (Å²) in [7, 11) is 0. The van der Waals surface area contributed by atoms with Gasteiger partial charge in [0.2, 0.25) is 0 Å². The highest BCUT2D eigenvalue weighted by atomic mass is 32.1. The van der Waals surface area contributed by atoms with E-state index < -0.39 is 0 Å². The minimum Gasteiger partial charge on any atom is -0.456 e. The number of benzene rings is 8. The average molecular weight is 748 g/mol. The third-order valence-corrected chi connectivity index (χ3v) is 12.2. The molecular formula is C51H29N3O2S. The Balaban J connectivity index is 0.964. The number of aromatic nitrogens is 3. The SMILES string of the molecule is c1ccc(-c2nc(-c3ccc4c(c3)oc3ccccc34)nc(-c3ccc4c(c3)oc3cc(-c5ccccc5-c5cccc6c5sc5ccccc56)ccc34)n2)cc1. The van der Waals surface area contributed by atoms with Gasteiger partial charge in [-0.3, -0.25) is 0 Å². The lowest BCUT2D eigenvalue weighted by molar-refractivity contribution is 0.669. The van der Waals surface area contributed by atoms with Gasteiger partial charge in [0.05, 0.1) is 0 Å². The van der Waals surface area contributed by atoms with E-state index in [1.165, 1.54) is 31.3 Å². The molecule has 6 heteroatoms. The van der Waals surface area contributed by atoms with Gasteiger partial charge in [-0.2, -0.15) is 0 Å². The summed E-state index contributed by atoms with van der Waals surface area (Å²) in [6.45, 7) is 0. The zero-order valence-electron chi connectivity index (χ0n) is 30.3. The maximum absolute atomic E-state index is 6.66. The average Bonchev–Trinajstić information content (AvgIpc) is 3.97. The lowest BCUT2D eigenvalue weighted by atomic mass is 9.93. The normalized spacial score (nSPS) is 11.9. The summed E-state index contributed by atoms with van der Waals surface area (Å²) in [6.07, 6.45) is 0. The summed E-state index contributed by atoms with van der Waals surface area (Å²) in [4.78, 5) is 15.0. The number of fused-ring (bicyclic) bond motifs is 9. The fourth-order valence-electron chi connectivity index (χ4n) is 8.23. The van der Waals surface area contributed by atoms with Gasteiger partial charge < -0.3 is 8.83 Å². The van der Waals surface area contributed by atoms with E-state index in [4.69, 9.17) is 23.8 Å². The van der Waals surface area contributed by atoms with Crippen molar-refractivity contribution in [2.24, 2.45) is 0 Å². The van der Waals surface area contributed by atoms with E-state index in [-0.39, 0.29) is 0 Å². The quantitative estimate of drug-likeness (QED) is 0.175. The molecular weight excluding hydrogens is 719 g/mol. The first kappa shape index (κ1) is 31.9. The van der Waals surface area contributed by atoms with Crippen LogP contribution in [0.2, 0.25) is 0 Å². The van der Waals surface area contributed by atoms with Crippen LogP contribution in [-0.4, -0.2) is 15.0 Å². The van der Waals surface area contributed by atoms with Gasteiger partial charge in [-0.25, -0.2) is 15.0 Å². The van der Waals surface area contributed by atoms with Gasteiger partial charge in [0, 0.05) is 64.0 Å². The van der Waals surface area contributed by atoms with Crippen molar-refractivity contribution in [3.8, 4) is 56.4 Å². The molecule has 0 radical (unpaired) electrons. The van der Waals surface area contributed by atoms with Crippen molar-refractivity contribution in [1.82, 2.24) is 15.0 Å². The molecule has 0 fully saturated rings. The summed E-state index contributed by atoms with van der Waals surface area (Å²) < 4.78 is 15.5. The molecule has 57 heavy (non-hydrogen) atoms. The lowest BCUT2D eigenvalue weighted by Gasteiger charge is -2.11. The number of nitrogens with zero attached hydrogens (tertiary/aromatic N) is 3. The molecule has 12 rings (SSSR count). The van der Waals surface area contributed by atoms with Gasteiger partial charge >= 0.3 is 0 Å². The van der Waals surface area contributed by atoms with Crippen LogP contribution in [0, 0.1) is 0 Å². The minimum absolute atomic E-state index is 0.566. The van der Waals surface area contributed by atoms with Crippen LogP contribution < -0.4 is 0 Å². The van der Waals surface area contributed by atoms with Gasteiger partial charge in [-0.05, 0) is 65.2 Å². The molecule has 0 bridgehead atoms. The van der Waals surface area contributed by atoms with E-state index in [2.05, 4.69) is 115 Å². The molecule has 4 heterocycles. The van der Waals surface area contributed by atoms with E-state index >= 15 is 0 Å². The fourth-order valence-corrected chi connectivity index (χ4v) is 9.46. The zero-order valence-corrected chi connectivity index (χ0v) is 31.1. The molecule has 12 aromatic rings. The maximum Gasteiger partial charge on any atom is 0.164 e. The van der Waals surface area contributed by atoms with Crippen LogP contribution in [0.4, 0.5) is 0 Å². The zero-order chi connectivity index (χ0) is 37.5. The highest BCUT2D eigenvalue weighted by Gasteiger charge is 2.18. The molecule has 0 saturated heterocycles. The molecule has 0 aliphatic rings. The van der Waals surface area contributed by atoms with Crippen LogP contribution in [0.3, 0.4) is 0 Å². The predicted octanol–water partition coefficient (Wildman–Crippen LogP) is 14.4. The molecule has 4 aromatic heterocycles. The second-order valence-electron chi connectivity index (χ2n) is 14.3. The smallest absolute Gasteiger partial charge is 0.164 e. The molecule has 0 spiro atoms. The van der Waals surface area contributed by atoms with Crippen molar-refractivity contribution in [2.45, 2.75) is 0 Å². The Labute approximate surface area is 330 Å². The summed E-state index contributed by atoms with van der Waals surface area (Å²) in [5.74, 6) is 1.73. The Kier molecular flexibility index (Phi) is 7.03. The van der Waals surface area contributed by atoms with Crippen molar-refractivity contribution in [1.29, 1.82) is 0 Å². The third kappa shape index (κ3) is 5.19. The number of furan rings is 2. The molecule has 0 aliphatic carbocycles. The molecule has 0 atom stereocenters. The largest absolute Gasteiger partial charge is 0.456 e. The molecule has 0 unspecified atom stereocenters. The van der Waals surface area contributed by atoms with Crippen LogP contribution in [0.1, 0.15) is 0 Å². The van der Waals surface area contributed by atoms with Gasteiger partial charge in [0.25, 0.3) is 0 Å². The first-order valence-corrected chi connectivity index (χ1v) is 19.7. The highest BCUT2D eigenvalue weighted by Crippen LogP contribution is 2.44. The monoisotopic (exact) mass is 747 g/mol. The highest BCUT2D eigenvalue weighted by molar-refractivity contribution is 7.26. The fraction of sp³-hybridized carbons (Fsp3) is 0. The van der Waals surface area contributed by atoms with E-state index in [0.29, 0.717) is 17.5 Å². The van der Waals surface area contributed by atoms with E-state index in [0.717, 1.165) is 71.7 Å². The Morgan fingerprint density at radius 1 is 0.316 bits per heavy atom. The molecule has 266 valence electrons. The topological polar surface area (TPSA) is 65.0 Å². The Hall–Kier alpha value is -7.41. The second kappa shape index (κ2) is 12.6. The standard InChI is InChI=1S/C51H29N3O2S/c1-2-11-30(12-3-1)49-52-50(32-22-25-37-36-15-6-8-19-43(36)55-45(37)28-32)54-51(53-49)33-23-26-39-38-24-21-31(27-44(38)56-46(39)29-33)34-13-4-5-14-35(34)41-17-10-18-42-40-16-7-9-20-47(40)57-48(41)42/h1-29H. The molecule has 0 N–H and O–H groups in total. The van der Waals surface area contributed by atoms with Crippen LogP contribution in [0.15, 0.2) is 185 Å². The molecule has 5 nitrogen and oxygen atoms in total. The van der Waals surface area contributed by atoms with Crippen molar-refractivity contribution < 1.29 is 8.83 Å². The summed E-state index contributed by atoms with van der Waals surface area (Å²) in [5, 5.41) is 6.83. The van der Waals surface area contributed by atoms with Crippen molar-refractivity contribution in [2.75, 3.05) is 0 Å². The second-order valence-corrected chi connectivity index (χ2v) is 15.4. The van der Waals surface area contributed by atoms with Gasteiger partial charge in [-0.15, -0.1) is 11.3 Å². The van der Waals surface area contributed by atoms with Crippen molar-refractivity contribution in [3.63, 3.8) is 0 Å². The van der Waals surface area contributed by atoms with Crippen LogP contribution in [-0.2, 0) is 0 Å². The summed E-state index contributed by atoms with van der Waals surface area (Å²) in [5.41, 5.74) is 10.6. The van der Waals surface area contributed by atoms with Crippen molar-refractivity contribution >= 4 is 75.4 Å². The van der Waals surface area contributed by atoms with Gasteiger partial charge in [0.15, 0.2) is 17.5 Å². The Morgan fingerprint density at radius 3 is 1.53 bits per heavy atom. The molecule has 8 aromatic carbocycles. The number of hydrogen-bond acceptors (Lipinski definition) is 6. The van der Waals surface area contributed by atoms with Gasteiger partial charge in [0.1, 0.15) is 22.3 Å². The Morgan fingerprint density at radius 2 is 0.807 bits per heavy atom. The maximum atomic E-state index is 6.66. The minimum atomic E-state index is 0.566. The third-order valence-electron chi connectivity index (χ3n) is 11.0. The number of thiophene rings is 1. The van der Waals surface area contributed by atoms with Crippen LogP contribution >= 0.6 is 11.3 Å². The summed E-state index contributed by atoms with van der Waals surface area (Å²) in [6, 6.07) is 61.0. The molecule has 0 amide bonds. The van der Waals surface area contributed by atoms with Gasteiger partial charge in [-0.1, -0.05) is 127 Å². The first-order valence-electron chi connectivity index (χ1n) is 18.9. The number of para-hydroxylation sites is 1. The first-order chi connectivity index (χ1) is 28.2. The number of hydrogen-bond donors (Lipinski definition) is 0. The molecule has 0 saturated carbocycles. The number of rotatable bonds is 5. The van der Waals surface area contributed by atoms with E-state index in [9.17, 15) is 0 Å². The van der Waals surface area contributed by atoms with Crippen LogP contribution in [0.25, 0.3) is 120 Å². The van der Waals surface area contributed by atoms with Crippen molar-refractivity contribution in [3.05, 3.63) is 176 Å². The van der Waals surface area contributed by atoms with Crippen LogP contribution in [0.5, 0.6) is 0 Å². The van der Waals surface area contributed by atoms with E-state index in [1.807, 2.05) is 72.0 Å². The lowest BCUT2D eigenvalue weighted by Crippen LogP contribution is -2.00. The Bertz CT molecular complexity index is 3540.